The number of carbonyl (C=O) groups is 1. The summed E-state index contributed by atoms with van der Waals surface area (Å²) in [5.74, 6) is 0.243. The van der Waals surface area contributed by atoms with E-state index in [-0.39, 0.29) is 19.0 Å². The Labute approximate surface area is 351 Å². The zero-order chi connectivity index (χ0) is 41.3. The van der Waals surface area contributed by atoms with Crippen molar-refractivity contribution in [1.29, 1.82) is 0 Å². The van der Waals surface area contributed by atoms with E-state index in [0.717, 1.165) is 59.2 Å². The Hall–Kier alpha value is -4.98. The summed E-state index contributed by atoms with van der Waals surface area (Å²) in [5.41, 5.74) is 5.39. The standard InChI is InChI=1S/C46H54N2O10.ClH/c1-8-12-32-24-36-29(5)38(26-47-16-20-52-21-17-47)45(50)57-43(36)34(14-10-3)41(32)55-40(28-54-31(7)49)56-42-33(13-9-2)25-37-30(6)39(27-48-18-22-53-23-19-48)46(51)58-44(37)35(42)15-11-4;/h8-11,24-25,40H,1-4,12-23,26-28H2,5-7H3;1H. The largest absolute Gasteiger partial charge is 0.458 e. The molecule has 59 heavy (non-hydrogen) atoms. The summed E-state index contributed by atoms with van der Waals surface area (Å²) in [6, 6.07) is 3.91. The topological polar surface area (TPSA) is 130 Å². The Kier molecular flexibility index (Phi) is 15.9. The van der Waals surface area contributed by atoms with Gasteiger partial charge in [0, 0.05) is 68.1 Å². The fourth-order valence-electron chi connectivity index (χ4n) is 7.70. The molecule has 316 valence electrons. The van der Waals surface area contributed by atoms with Crippen molar-refractivity contribution < 1.29 is 37.3 Å². The summed E-state index contributed by atoms with van der Waals surface area (Å²) in [4.78, 5) is 44.0. The summed E-state index contributed by atoms with van der Waals surface area (Å²) in [6.07, 6.45) is 7.14. The highest BCUT2D eigenvalue weighted by Gasteiger charge is 2.28. The van der Waals surface area contributed by atoms with Crippen LogP contribution >= 0.6 is 12.4 Å². The van der Waals surface area contributed by atoms with E-state index in [1.807, 2.05) is 26.0 Å². The Morgan fingerprint density at radius 3 is 1.42 bits per heavy atom. The van der Waals surface area contributed by atoms with Crippen LogP contribution in [0.25, 0.3) is 21.9 Å². The third kappa shape index (κ3) is 10.3. The van der Waals surface area contributed by atoms with E-state index in [9.17, 15) is 14.4 Å². The molecule has 2 fully saturated rings. The van der Waals surface area contributed by atoms with E-state index in [1.165, 1.54) is 6.92 Å². The normalized spacial score (nSPS) is 14.8. The zero-order valence-electron chi connectivity index (χ0n) is 34.4. The number of fused-ring (bicyclic) bond motifs is 2. The van der Waals surface area contributed by atoms with E-state index in [1.54, 1.807) is 24.3 Å². The van der Waals surface area contributed by atoms with Crippen molar-refractivity contribution in [2.24, 2.45) is 0 Å². The highest BCUT2D eigenvalue weighted by atomic mass is 35.5. The maximum Gasteiger partial charge on any atom is 0.341 e. The lowest BCUT2D eigenvalue weighted by Crippen LogP contribution is -2.37. The predicted octanol–water partition coefficient (Wildman–Crippen LogP) is 6.86. The first-order valence-electron chi connectivity index (χ1n) is 19.8. The fraction of sp³-hybridized carbons (Fsp3) is 0.413. The van der Waals surface area contributed by atoms with Crippen molar-refractivity contribution in [2.45, 2.75) is 65.8 Å². The number of nitrogens with zero attached hydrogens (tertiary/aromatic N) is 2. The minimum Gasteiger partial charge on any atom is -0.458 e. The fourth-order valence-corrected chi connectivity index (χ4v) is 7.70. The molecule has 0 amide bonds. The number of halogens is 1. The average Bonchev–Trinajstić information content (AvgIpc) is 3.21. The number of benzene rings is 2. The molecule has 2 aromatic heterocycles. The van der Waals surface area contributed by atoms with Crippen LogP contribution in [0.5, 0.6) is 11.5 Å². The molecule has 6 rings (SSSR count). The maximum absolute atomic E-state index is 13.7. The molecule has 0 spiro atoms. The Balaban J connectivity index is 0.00000661. The lowest BCUT2D eigenvalue weighted by Gasteiger charge is -2.28. The van der Waals surface area contributed by atoms with Crippen molar-refractivity contribution in [3.8, 4) is 11.5 Å². The molecule has 4 heterocycles. The van der Waals surface area contributed by atoms with E-state index in [2.05, 4.69) is 36.1 Å². The number of hydrogen-bond acceptors (Lipinski definition) is 12. The monoisotopic (exact) mass is 830 g/mol. The summed E-state index contributed by atoms with van der Waals surface area (Å²) < 4.78 is 42.4. The highest BCUT2D eigenvalue weighted by molar-refractivity contribution is 5.88. The molecule has 0 N–H and O–H groups in total. The summed E-state index contributed by atoms with van der Waals surface area (Å²) in [6.45, 7) is 27.1. The van der Waals surface area contributed by atoms with Gasteiger partial charge in [0.05, 0.1) is 37.6 Å². The quantitative estimate of drug-likeness (QED) is 0.0450. The summed E-state index contributed by atoms with van der Waals surface area (Å²) in [7, 11) is 0. The molecule has 2 aliphatic rings. The number of allylic oxidation sites excluding steroid dienone is 4. The molecule has 0 radical (unpaired) electrons. The number of carbonyl (C=O) groups excluding carboxylic acids is 1. The van der Waals surface area contributed by atoms with Crippen molar-refractivity contribution >= 4 is 40.3 Å². The second-order valence-electron chi connectivity index (χ2n) is 14.6. The number of rotatable bonds is 18. The van der Waals surface area contributed by atoms with Crippen LogP contribution in [-0.4, -0.2) is 81.3 Å². The number of ether oxygens (including phenoxy) is 5. The molecule has 2 aromatic carbocycles. The van der Waals surface area contributed by atoms with Gasteiger partial charge in [-0.15, -0.1) is 38.7 Å². The van der Waals surface area contributed by atoms with E-state index in [4.69, 9.17) is 32.5 Å². The number of morpholine rings is 2. The third-order valence-corrected chi connectivity index (χ3v) is 10.7. The molecular weight excluding hydrogens is 776 g/mol. The molecule has 0 aliphatic carbocycles. The molecule has 0 atom stereocenters. The second kappa shape index (κ2) is 20.8. The van der Waals surface area contributed by atoms with Gasteiger partial charge in [0.25, 0.3) is 6.29 Å². The van der Waals surface area contributed by atoms with Gasteiger partial charge in [-0.3, -0.25) is 14.6 Å². The molecular formula is C46H55ClN2O10. The molecule has 4 aromatic rings. The Bertz CT molecular complexity index is 2160. The number of aryl methyl sites for hydroxylation is 2. The third-order valence-electron chi connectivity index (χ3n) is 10.7. The van der Waals surface area contributed by atoms with Crippen LogP contribution in [0.2, 0.25) is 0 Å². The molecule has 12 nitrogen and oxygen atoms in total. The van der Waals surface area contributed by atoms with Crippen LogP contribution in [0.15, 0.2) is 81.2 Å². The molecule has 0 bridgehead atoms. The average molecular weight is 831 g/mol. The van der Waals surface area contributed by atoms with Crippen LogP contribution in [0.4, 0.5) is 0 Å². The molecule has 2 aliphatic heterocycles. The summed E-state index contributed by atoms with van der Waals surface area (Å²) >= 11 is 0. The minimum atomic E-state index is -1.21. The first-order valence-corrected chi connectivity index (χ1v) is 19.8. The molecule has 2 saturated heterocycles. The lowest BCUT2D eigenvalue weighted by molar-refractivity contribution is -0.149. The van der Waals surface area contributed by atoms with Gasteiger partial charge in [0.2, 0.25) is 0 Å². The van der Waals surface area contributed by atoms with Crippen molar-refractivity contribution in [2.75, 3.05) is 59.2 Å². The van der Waals surface area contributed by atoms with Gasteiger partial charge in [-0.2, -0.15) is 0 Å². The zero-order valence-corrected chi connectivity index (χ0v) is 35.2. The van der Waals surface area contributed by atoms with Crippen LogP contribution in [0.1, 0.15) is 51.4 Å². The van der Waals surface area contributed by atoms with Gasteiger partial charge in [0.1, 0.15) is 22.7 Å². The van der Waals surface area contributed by atoms with Crippen LogP contribution < -0.4 is 20.7 Å². The van der Waals surface area contributed by atoms with Gasteiger partial charge >= 0.3 is 17.2 Å². The number of esters is 1. The SMILES string of the molecule is C=CCc1cc2c(C)c(CN3CCOCC3)c(=O)oc2c(CC=C)c1OC(COC(C)=O)Oc1c(CC=C)cc2c(C)c(CN3CCOCC3)c(=O)oc2c1CC=C.Cl. The van der Waals surface area contributed by atoms with Gasteiger partial charge in [0.15, 0.2) is 6.61 Å². The minimum absolute atomic E-state index is 0. The maximum atomic E-state index is 13.7. The van der Waals surface area contributed by atoms with Gasteiger partial charge in [-0.1, -0.05) is 24.3 Å². The molecule has 13 heteroatoms. The van der Waals surface area contributed by atoms with Crippen molar-refractivity contribution in [1.82, 2.24) is 9.80 Å². The summed E-state index contributed by atoms with van der Waals surface area (Å²) in [5, 5.41) is 1.55. The lowest BCUT2D eigenvalue weighted by atomic mass is 9.95. The van der Waals surface area contributed by atoms with Gasteiger partial charge < -0.3 is 32.5 Å². The first-order chi connectivity index (χ1) is 28.1. The van der Waals surface area contributed by atoms with Crippen LogP contribution in [0, 0.1) is 13.8 Å². The second-order valence-corrected chi connectivity index (χ2v) is 14.6. The van der Waals surface area contributed by atoms with Crippen molar-refractivity contribution in [3.63, 3.8) is 0 Å². The molecule has 0 saturated carbocycles. The van der Waals surface area contributed by atoms with Crippen LogP contribution in [0.3, 0.4) is 0 Å². The smallest absolute Gasteiger partial charge is 0.341 e. The van der Waals surface area contributed by atoms with Crippen LogP contribution in [-0.2, 0) is 57.8 Å². The Morgan fingerprint density at radius 2 is 1.07 bits per heavy atom. The van der Waals surface area contributed by atoms with E-state index >= 15 is 0 Å². The Morgan fingerprint density at radius 1 is 0.678 bits per heavy atom. The van der Waals surface area contributed by atoms with Gasteiger partial charge in [-0.05, 0) is 73.9 Å². The van der Waals surface area contributed by atoms with E-state index < -0.39 is 23.5 Å². The predicted molar refractivity (Wildman–Crippen MR) is 231 cm³/mol. The molecule has 0 unspecified atom stereocenters. The highest BCUT2D eigenvalue weighted by Crippen LogP contribution is 2.39. The van der Waals surface area contributed by atoms with E-state index in [0.29, 0.717) is 110 Å². The first kappa shape index (κ1) is 45.1. The van der Waals surface area contributed by atoms with Crippen molar-refractivity contribution in [3.05, 3.63) is 128 Å². The number of hydrogen-bond donors (Lipinski definition) is 0. The van der Waals surface area contributed by atoms with Gasteiger partial charge in [-0.25, -0.2) is 9.59 Å².